The first-order chi connectivity index (χ1) is 12.5. The van der Waals surface area contributed by atoms with Crippen molar-refractivity contribution in [1.29, 1.82) is 0 Å². The summed E-state index contributed by atoms with van der Waals surface area (Å²) in [6, 6.07) is 16.6. The van der Waals surface area contributed by atoms with Crippen molar-refractivity contribution in [2.75, 3.05) is 10.6 Å². The second-order valence-electron chi connectivity index (χ2n) is 5.79. The summed E-state index contributed by atoms with van der Waals surface area (Å²) in [5, 5.41) is 6.70. The number of aromatic nitrogens is 2. The van der Waals surface area contributed by atoms with E-state index < -0.39 is 0 Å². The Morgan fingerprint density at radius 3 is 2.65 bits per heavy atom. The van der Waals surface area contributed by atoms with Crippen LogP contribution < -0.4 is 10.6 Å². The van der Waals surface area contributed by atoms with Crippen LogP contribution in [-0.2, 0) is 6.42 Å². The zero-order chi connectivity index (χ0) is 18.5. The van der Waals surface area contributed by atoms with Crippen LogP contribution in [0.2, 0.25) is 5.02 Å². The Morgan fingerprint density at radius 1 is 1.08 bits per heavy atom. The lowest BCUT2D eigenvalue weighted by atomic mass is 10.1. The summed E-state index contributed by atoms with van der Waals surface area (Å²) in [5.41, 5.74) is 2.95. The Balaban J connectivity index is 1.83. The van der Waals surface area contributed by atoms with Crippen molar-refractivity contribution in [2.24, 2.45) is 0 Å². The molecular formula is C20H19ClN4O. The largest absolute Gasteiger partial charge is 0.340 e. The van der Waals surface area contributed by atoms with Gasteiger partial charge in [0.05, 0.1) is 0 Å². The number of aryl methyl sites for hydroxylation is 2. The number of nitrogens with one attached hydrogen (secondary N) is 2. The van der Waals surface area contributed by atoms with Gasteiger partial charge in [-0.25, -0.2) is 9.97 Å². The van der Waals surface area contributed by atoms with Gasteiger partial charge in [-0.2, -0.15) is 0 Å². The fourth-order valence-corrected chi connectivity index (χ4v) is 2.79. The third-order valence-corrected chi connectivity index (χ3v) is 4.05. The van der Waals surface area contributed by atoms with Gasteiger partial charge >= 0.3 is 0 Å². The molecule has 0 fully saturated rings. The predicted molar refractivity (Wildman–Crippen MR) is 105 cm³/mol. The first-order valence-electron chi connectivity index (χ1n) is 8.32. The molecule has 0 bridgehead atoms. The highest BCUT2D eigenvalue weighted by Gasteiger charge is 2.12. The number of nitrogens with zero attached hydrogens (tertiary/aromatic N) is 2. The standard InChI is InChI=1S/C20H19ClN4O/c1-3-14-7-4-5-10-17(14)25-20(26)18-12-19(23-13(2)22-18)24-16-9-6-8-15(21)11-16/h4-12H,3H2,1-2H3,(H,25,26)(H,22,23,24). The highest BCUT2D eigenvalue weighted by molar-refractivity contribution is 6.30. The Kier molecular flexibility index (Phi) is 5.49. The van der Waals surface area contributed by atoms with Crippen LogP contribution in [0.5, 0.6) is 0 Å². The lowest BCUT2D eigenvalue weighted by Crippen LogP contribution is -2.16. The Morgan fingerprint density at radius 2 is 1.88 bits per heavy atom. The molecule has 0 radical (unpaired) electrons. The molecule has 132 valence electrons. The number of hydrogen-bond acceptors (Lipinski definition) is 4. The van der Waals surface area contributed by atoms with Gasteiger partial charge in [-0.1, -0.05) is 42.8 Å². The van der Waals surface area contributed by atoms with Gasteiger partial charge in [0.25, 0.3) is 5.91 Å². The van der Waals surface area contributed by atoms with Crippen LogP contribution >= 0.6 is 11.6 Å². The van der Waals surface area contributed by atoms with Crippen molar-refractivity contribution in [1.82, 2.24) is 9.97 Å². The van der Waals surface area contributed by atoms with Crippen LogP contribution in [0, 0.1) is 6.92 Å². The molecule has 0 atom stereocenters. The fourth-order valence-electron chi connectivity index (χ4n) is 2.60. The van der Waals surface area contributed by atoms with E-state index in [9.17, 15) is 4.79 Å². The monoisotopic (exact) mass is 366 g/mol. The third kappa shape index (κ3) is 4.37. The molecule has 0 saturated carbocycles. The summed E-state index contributed by atoms with van der Waals surface area (Å²) >= 11 is 6.01. The molecule has 1 amide bonds. The number of carbonyl (C=O) groups excluding carboxylic acids is 1. The second kappa shape index (κ2) is 7.97. The highest BCUT2D eigenvalue weighted by atomic mass is 35.5. The van der Waals surface area contributed by atoms with Crippen LogP contribution in [0.4, 0.5) is 17.2 Å². The molecule has 0 aliphatic heterocycles. The average molecular weight is 367 g/mol. The number of carbonyl (C=O) groups is 1. The topological polar surface area (TPSA) is 66.9 Å². The highest BCUT2D eigenvalue weighted by Crippen LogP contribution is 2.20. The quantitative estimate of drug-likeness (QED) is 0.667. The maximum absolute atomic E-state index is 12.6. The lowest BCUT2D eigenvalue weighted by Gasteiger charge is -2.11. The molecule has 3 aromatic rings. The smallest absolute Gasteiger partial charge is 0.274 e. The minimum absolute atomic E-state index is 0.273. The van der Waals surface area contributed by atoms with Crippen LogP contribution in [0.3, 0.4) is 0 Å². The molecule has 6 heteroatoms. The molecule has 0 aliphatic rings. The molecule has 0 unspecified atom stereocenters. The Bertz CT molecular complexity index is 943. The molecule has 1 heterocycles. The van der Waals surface area contributed by atoms with E-state index in [4.69, 9.17) is 11.6 Å². The van der Waals surface area contributed by atoms with Gasteiger partial charge < -0.3 is 10.6 Å². The second-order valence-corrected chi connectivity index (χ2v) is 6.22. The first-order valence-corrected chi connectivity index (χ1v) is 8.70. The van der Waals surface area contributed by atoms with Crippen molar-refractivity contribution < 1.29 is 4.79 Å². The molecule has 26 heavy (non-hydrogen) atoms. The van der Waals surface area contributed by atoms with Gasteiger partial charge in [-0.15, -0.1) is 0 Å². The molecule has 1 aromatic heterocycles. The molecule has 5 nitrogen and oxygen atoms in total. The van der Waals surface area contributed by atoms with E-state index in [1.54, 1.807) is 25.1 Å². The number of amides is 1. The van der Waals surface area contributed by atoms with Gasteiger partial charge in [0, 0.05) is 22.5 Å². The van der Waals surface area contributed by atoms with Gasteiger partial charge in [0.15, 0.2) is 0 Å². The van der Waals surface area contributed by atoms with Crippen LogP contribution in [0.1, 0.15) is 28.8 Å². The number of rotatable bonds is 5. The molecule has 0 aliphatic carbocycles. The lowest BCUT2D eigenvalue weighted by molar-refractivity contribution is 0.102. The summed E-state index contributed by atoms with van der Waals surface area (Å²) in [5.74, 6) is 0.769. The minimum atomic E-state index is -0.273. The van der Waals surface area contributed by atoms with Crippen molar-refractivity contribution >= 4 is 34.7 Å². The van der Waals surface area contributed by atoms with Crippen molar-refractivity contribution in [3.63, 3.8) is 0 Å². The maximum atomic E-state index is 12.6. The van der Waals surface area contributed by atoms with Gasteiger partial charge in [-0.3, -0.25) is 4.79 Å². The maximum Gasteiger partial charge on any atom is 0.274 e. The summed E-state index contributed by atoms with van der Waals surface area (Å²) < 4.78 is 0. The normalized spacial score (nSPS) is 10.4. The van der Waals surface area contributed by atoms with Crippen LogP contribution in [-0.4, -0.2) is 15.9 Å². The van der Waals surface area contributed by atoms with Crippen LogP contribution in [0.15, 0.2) is 54.6 Å². The van der Waals surface area contributed by atoms with Crippen LogP contribution in [0.25, 0.3) is 0 Å². The molecular weight excluding hydrogens is 348 g/mol. The Hall–Kier alpha value is -2.92. The summed E-state index contributed by atoms with van der Waals surface area (Å²) in [4.78, 5) is 21.2. The number of halogens is 1. The first kappa shape index (κ1) is 17.9. The van der Waals surface area contributed by atoms with Crippen molar-refractivity contribution in [3.05, 3.63) is 76.7 Å². The number of para-hydroxylation sites is 1. The fraction of sp³-hybridized carbons (Fsp3) is 0.150. The SMILES string of the molecule is CCc1ccccc1NC(=O)c1cc(Nc2cccc(Cl)c2)nc(C)n1. The van der Waals surface area contributed by atoms with E-state index in [2.05, 4.69) is 20.6 Å². The number of hydrogen-bond donors (Lipinski definition) is 2. The molecule has 2 aromatic carbocycles. The van der Waals surface area contributed by atoms with Gasteiger partial charge in [0.2, 0.25) is 0 Å². The summed E-state index contributed by atoms with van der Waals surface area (Å²) in [7, 11) is 0. The molecule has 3 rings (SSSR count). The van der Waals surface area contributed by atoms with E-state index in [0.717, 1.165) is 23.4 Å². The van der Waals surface area contributed by atoms with Crippen molar-refractivity contribution in [3.8, 4) is 0 Å². The van der Waals surface area contributed by atoms with E-state index >= 15 is 0 Å². The Labute approximate surface area is 157 Å². The zero-order valence-corrected chi connectivity index (χ0v) is 15.3. The summed E-state index contributed by atoms with van der Waals surface area (Å²) in [6.07, 6.45) is 0.834. The third-order valence-electron chi connectivity index (χ3n) is 3.81. The van der Waals surface area contributed by atoms with E-state index in [0.29, 0.717) is 22.4 Å². The van der Waals surface area contributed by atoms with E-state index in [1.165, 1.54) is 0 Å². The van der Waals surface area contributed by atoms with E-state index in [1.807, 2.05) is 43.3 Å². The molecule has 2 N–H and O–H groups in total. The average Bonchev–Trinajstić information content (AvgIpc) is 2.61. The van der Waals surface area contributed by atoms with Gasteiger partial charge in [0.1, 0.15) is 17.3 Å². The predicted octanol–water partition coefficient (Wildman–Crippen LogP) is 5.00. The van der Waals surface area contributed by atoms with Gasteiger partial charge in [-0.05, 0) is 43.2 Å². The van der Waals surface area contributed by atoms with E-state index in [-0.39, 0.29) is 5.91 Å². The number of anilines is 3. The zero-order valence-electron chi connectivity index (χ0n) is 14.6. The van der Waals surface area contributed by atoms with Crippen molar-refractivity contribution in [2.45, 2.75) is 20.3 Å². The molecule has 0 saturated heterocycles. The minimum Gasteiger partial charge on any atom is -0.340 e. The summed E-state index contributed by atoms with van der Waals surface area (Å²) in [6.45, 7) is 3.80. The number of benzene rings is 2. The molecule has 0 spiro atoms.